The number of hydrogen-bond donors (Lipinski definition) is 0. The van der Waals surface area contributed by atoms with Gasteiger partial charge in [-0.25, -0.2) is 0 Å². The maximum Gasteiger partial charge on any atom is 0.122 e. The number of allylic oxidation sites excluding steroid dienone is 3. The molecular formula is C36H40N2O4. The van der Waals surface area contributed by atoms with Gasteiger partial charge in [-0.05, 0) is 100 Å². The third kappa shape index (κ3) is 12.1. The summed E-state index contributed by atoms with van der Waals surface area (Å²) < 4.78 is 22.8. The van der Waals surface area contributed by atoms with Gasteiger partial charge in [0.1, 0.15) is 49.4 Å². The standard InChI is InChI=1S/C30H30N2O4.C6H10/c1-23-3-11-27(12-4-23)33-19-21-35-29-15-7-25(8-16-29)31-32-26-9-17-30(18-10-26)36-22-20-34-28-13-5-24(2)6-14-28;1-4-6(3)5-2/h3-18H,19-22H2,1-2H3;4-5H,1H2,2-3H3/b;6-5-. The van der Waals surface area contributed by atoms with E-state index in [9.17, 15) is 0 Å². The zero-order valence-electron chi connectivity index (χ0n) is 25.0. The monoisotopic (exact) mass is 564 g/mol. The van der Waals surface area contributed by atoms with E-state index in [0.29, 0.717) is 26.4 Å². The van der Waals surface area contributed by atoms with Crippen molar-refractivity contribution in [3.05, 3.63) is 132 Å². The fourth-order valence-corrected chi connectivity index (χ4v) is 3.36. The fourth-order valence-electron chi connectivity index (χ4n) is 3.36. The van der Waals surface area contributed by atoms with E-state index < -0.39 is 0 Å². The number of rotatable bonds is 13. The van der Waals surface area contributed by atoms with Crippen LogP contribution in [-0.4, -0.2) is 26.4 Å². The minimum Gasteiger partial charge on any atom is -0.490 e. The van der Waals surface area contributed by atoms with E-state index in [1.54, 1.807) is 0 Å². The lowest BCUT2D eigenvalue weighted by Crippen LogP contribution is -2.08. The van der Waals surface area contributed by atoms with Crippen LogP contribution >= 0.6 is 0 Å². The molecular weight excluding hydrogens is 524 g/mol. The van der Waals surface area contributed by atoms with Crippen LogP contribution in [0.2, 0.25) is 0 Å². The first-order valence-corrected chi connectivity index (χ1v) is 14.0. The first-order valence-electron chi connectivity index (χ1n) is 14.0. The minimum atomic E-state index is 0.460. The Balaban J connectivity index is 0.000000730. The molecule has 42 heavy (non-hydrogen) atoms. The highest BCUT2D eigenvalue weighted by atomic mass is 16.5. The van der Waals surface area contributed by atoms with Crippen molar-refractivity contribution in [1.29, 1.82) is 0 Å². The largest absolute Gasteiger partial charge is 0.490 e. The molecule has 0 saturated heterocycles. The highest BCUT2D eigenvalue weighted by molar-refractivity contribution is 5.44. The molecule has 0 fully saturated rings. The van der Waals surface area contributed by atoms with Gasteiger partial charge in [0, 0.05) is 0 Å². The van der Waals surface area contributed by atoms with Gasteiger partial charge in [0.25, 0.3) is 0 Å². The Kier molecular flexibility index (Phi) is 13.4. The van der Waals surface area contributed by atoms with Crippen molar-refractivity contribution < 1.29 is 18.9 Å². The summed E-state index contributed by atoms with van der Waals surface area (Å²) in [7, 11) is 0. The van der Waals surface area contributed by atoms with Crippen LogP contribution in [0.5, 0.6) is 23.0 Å². The molecule has 4 aromatic carbocycles. The predicted molar refractivity (Wildman–Crippen MR) is 171 cm³/mol. The molecule has 0 unspecified atom stereocenters. The lowest BCUT2D eigenvalue weighted by Gasteiger charge is -2.09. The summed E-state index contributed by atoms with van der Waals surface area (Å²) in [5.41, 5.74) is 5.13. The molecule has 0 spiro atoms. The normalized spacial score (nSPS) is 10.9. The van der Waals surface area contributed by atoms with E-state index in [2.05, 4.69) is 16.8 Å². The molecule has 0 aromatic heterocycles. The second-order valence-electron chi connectivity index (χ2n) is 9.44. The van der Waals surface area contributed by atoms with Gasteiger partial charge in [-0.15, -0.1) is 0 Å². The quantitative estimate of drug-likeness (QED) is 0.0921. The maximum atomic E-state index is 5.73. The first kappa shape index (κ1) is 31.7. The average molecular weight is 565 g/mol. The van der Waals surface area contributed by atoms with Gasteiger partial charge in [-0.3, -0.25) is 0 Å². The maximum absolute atomic E-state index is 5.73. The van der Waals surface area contributed by atoms with Crippen LogP contribution in [0.1, 0.15) is 25.0 Å². The van der Waals surface area contributed by atoms with Crippen molar-refractivity contribution in [2.75, 3.05) is 26.4 Å². The summed E-state index contributed by atoms with van der Waals surface area (Å²) in [5.74, 6) is 3.20. The van der Waals surface area contributed by atoms with Crippen molar-refractivity contribution in [2.24, 2.45) is 10.2 Å². The number of nitrogens with zero attached hydrogens (tertiary/aromatic N) is 2. The molecule has 0 atom stereocenters. The molecule has 0 saturated carbocycles. The lowest BCUT2D eigenvalue weighted by atomic mass is 10.2. The van der Waals surface area contributed by atoms with Crippen LogP contribution in [0.4, 0.5) is 11.4 Å². The summed E-state index contributed by atoms with van der Waals surface area (Å²) in [4.78, 5) is 0. The third-order valence-corrected chi connectivity index (χ3v) is 6.02. The van der Waals surface area contributed by atoms with E-state index in [0.717, 1.165) is 34.4 Å². The fraction of sp³-hybridized carbons (Fsp3) is 0.222. The second-order valence-corrected chi connectivity index (χ2v) is 9.44. The summed E-state index contributed by atoms with van der Waals surface area (Å²) in [6, 6.07) is 30.9. The topological polar surface area (TPSA) is 61.6 Å². The summed E-state index contributed by atoms with van der Waals surface area (Å²) >= 11 is 0. The lowest BCUT2D eigenvalue weighted by molar-refractivity contribution is 0.217. The molecule has 4 aromatic rings. The Morgan fingerprint density at radius 2 is 0.833 bits per heavy atom. The highest BCUT2D eigenvalue weighted by Crippen LogP contribution is 2.23. The number of benzene rings is 4. The Morgan fingerprint density at radius 1 is 0.548 bits per heavy atom. The van der Waals surface area contributed by atoms with Crippen molar-refractivity contribution in [1.82, 2.24) is 0 Å². The van der Waals surface area contributed by atoms with Crippen LogP contribution in [0.25, 0.3) is 0 Å². The number of ether oxygens (including phenoxy) is 4. The second kappa shape index (κ2) is 17.8. The van der Waals surface area contributed by atoms with Gasteiger partial charge in [-0.2, -0.15) is 10.2 Å². The van der Waals surface area contributed by atoms with Crippen LogP contribution in [0.15, 0.2) is 132 Å². The smallest absolute Gasteiger partial charge is 0.122 e. The summed E-state index contributed by atoms with van der Waals surface area (Å²) in [6.45, 7) is 13.6. The van der Waals surface area contributed by atoms with Crippen molar-refractivity contribution in [2.45, 2.75) is 27.7 Å². The van der Waals surface area contributed by atoms with Crippen molar-refractivity contribution >= 4 is 11.4 Å². The van der Waals surface area contributed by atoms with Crippen molar-refractivity contribution in [3.8, 4) is 23.0 Å². The molecule has 4 rings (SSSR count). The molecule has 218 valence electrons. The molecule has 6 heteroatoms. The Morgan fingerprint density at radius 3 is 1.07 bits per heavy atom. The van der Waals surface area contributed by atoms with E-state index in [1.807, 2.05) is 137 Å². The van der Waals surface area contributed by atoms with Gasteiger partial charge >= 0.3 is 0 Å². The molecule has 0 heterocycles. The van der Waals surface area contributed by atoms with Gasteiger partial charge in [0.2, 0.25) is 0 Å². The Hall–Kier alpha value is -4.84. The molecule has 0 aliphatic carbocycles. The number of azo groups is 1. The SMILES string of the molecule is C=C/C(C)=C\C.Cc1ccc(OCCOc2ccc(N=Nc3ccc(OCCOc4ccc(C)cc4)cc3)cc2)cc1. The Labute approximate surface area is 250 Å². The van der Waals surface area contributed by atoms with Gasteiger partial charge in [-0.1, -0.05) is 59.7 Å². The van der Waals surface area contributed by atoms with E-state index in [-0.39, 0.29) is 0 Å². The number of hydrogen-bond acceptors (Lipinski definition) is 6. The highest BCUT2D eigenvalue weighted by Gasteiger charge is 1.99. The zero-order chi connectivity index (χ0) is 30.0. The van der Waals surface area contributed by atoms with E-state index >= 15 is 0 Å². The molecule has 0 radical (unpaired) electrons. The van der Waals surface area contributed by atoms with Crippen LogP contribution in [-0.2, 0) is 0 Å². The van der Waals surface area contributed by atoms with E-state index in [1.165, 1.54) is 16.7 Å². The molecule has 0 aliphatic rings. The molecule has 0 amide bonds. The molecule has 0 N–H and O–H groups in total. The number of aryl methyl sites for hydroxylation is 2. The zero-order valence-corrected chi connectivity index (χ0v) is 25.0. The van der Waals surface area contributed by atoms with Crippen LogP contribution in [0.3, 0.4) is 0 Å². The molecule has 0 aliphatic heterocycles. The molecule has 0 bridgehead atoms. The summed E-state index contributed by atoms with van der Waals surface area (Å²) in [6.07, 6.45) is 3.85. The van der Waals surface area contributed by atoms with Gasteiger partial charge < -0.3 is 18.9 Å². The first-order chi connectivity index (χ1) is 20.4. The van der Waals surface area contributed by atoms with Crippen LogP contribution in [0, 0.1) is 13.8 Å². The minimum absolute atomic E-state index is 0.460. The van der Waals surface area contributed by atoms with E-state index in [4.69, 9.17) is 18.9 Å². The van der Waals surface area contributed by atoms with Gasteiger partial charge in [0.05, 0.1) is 11.4 Å². The summed E-state index contributed by atoms with van der Waals surface area (Å²) in [5, 5.41) is 8.58. The Bertz CT molecular complexity index is 1290. The average Bonchev–Trinajstić information content (AvgIpc) is 3.03. The van der Waals surface area contributed by atoms with Gasteiger partial charge in [0.15, 0.2) is 0 Å². The third-order valence-electron chi connectivity index (χ3n) is 6.02. The predicted octanol–water partition coefficient (Wildman–Crippen LogP) is 9.77. The molecule has 6 nitrogen and oxygen atoms in total. The van der Waals surface area contributed by atoms with Crippen LogP contribution < -0.4 is 18.9 Å². The van der Waals surface area contributed by atoms with Crippen molar-refractivity contribution in [3.63, 3.8) is 0 Å².